The number of nitrogens with one attached hydrogen (secondary N) is 2. The van der Waals surface area contributed by atoms with Gasteiger partial charge in [-0.2, -0.15) is 0 Å². The summed E-state index contributed by atoms with van der Waals surface area (Å²) in [4.78, 5) is 12.1. The highest BCUT2D eigenvalue weighted by Crippen LogP contribution is 2.25. The minimum Gasteiger partial charge on any atom is -0.399 e. The maximum atomic E-state index is 12.1. The molecule has 0 unspecified atom stereocenters. The van der Waals surface area contributed by atoms with Gasteiger partial charge in [-0.25, -0.2) is 0 Å². The Labute approximate surface area is 125 Å². The van der Waals surface area contributed by atoms with Crippen LogP contribution in [-0.4, -0.2) is 12.5 Å². The molecule has 21 heavy (non-hydrogen) atoms. The lowest BCUT2D eigenvalue weighted by atomic mass is 10.1. The fourth-order valence-corrected chi connectivity index (χ4v) is 2.32. The normalized spacial score (nSPS) is 10.2. The van der Waals surface area contributed by atoms with Crippen LogP contribution in [-0.2, 0) is 0 Å². The summed E-state index contributed by atoms with van der Waals surface area (Å²) in [5, 5.41) is 6.10. The lowest BCUT2D eigenvalue weighted by molar-refractivity contribution is 0.0956. The van der Waals surface area contributed by atoms with Crippen LogP contribution in [0.15, 0.2) is 36.4 Å². The monoisotopic (exact) mass is 283 g/mol. The zero-order valence-corrected chi connectivity index (χ0v) is 12.7. The number of carbonyl (C=O) groups excluding carboxylic acids is 1. The summed E-state index contributed by atoms with van der Waals surface area (Å²) < 4.78 is 0. The summed E-state index contributed by atoms with van der Waals surface area (Å²) in [6.07, 6.45) is 0. The van der Waals surface area contributed by atoms with Crippen LogP contribution in [0, 0.1) is 13.8 Å². The topological polar surface area (TPSA) is 67.2 Å². The van der Waals surface area contributed by atoms with Crippen molar-refractivity contribution in [3.63, 3.8) is 0 Å². The molecule has 0 bridgehead atoms. The second-order valence-corrected chi connectivity index (χ2v) is 5.17. The molecular formula is C17H21N3O. The van der Waals surface area contributed by atoms with Crippen LogP contribution in [0.25, 0.3) is 0 Å². The van der Waals surface area contributed by atoms with E-state index in [1.807, 2.05) is 32.9 Å². The first-order chi connectivity index (χ1) is 9.99. The first kappa shape index (κ1) is 14.9. The third-order valence-electron chi connectivity index (χ3n) is 3.13. The molecule has 4 nitrogen and oxygen atoms in total. The van der Waals surface area contributed by atoms with Gasteiger partial charge in [0.1, 0.15) is 0 Å². The first-order valence-corrected chi connectivity index (χ1v) is 7.02. The van der Waals surface area contributed by atoms with Crippen LogP contribution in [0.3, 0.4) is 0 Å². The van der Waals surface area contributed by atoms with Crippen molar-refractivity contribution < 1.29 is 4.79 Å². The molecule has 2 rings (SSSR count). The highest BCUT2D eigenvalue weighted by molar-refractivity contribution is 6.01. The van der Waals surface area contributed by atoms with Crippen molar-refractivity contribution in [3.05, 3.63) is 53.1 Å². The van der Waals surface area contributed by atoms with Gasteiger partial charge >= 0.3 is 0 Å². The summed E-state index contributed by atoms with van der Waals surface area (Å²) in [5.74, 6) is -0.107. The number of aryl methyl sites for hydroxylation is 2. The van der Waals surface area contributed by atoms with E-state index >= 15 is 0 Å². The maximum absolute atomic E-state index is 12.1. The summed E-state index contributed by atoms with van der Waals surface area (Å²) >= 11 is 0. The summed E-state index contributed by atoms with van der Waals surface area (Å²) in [6.45, 7) is 6.57. The van der Waals surface area contributed by atoms with Gasteiger partial charge in [0.2, 0.25) is 0 Å². The molecule has 0 aliphatic carbocycles. The Morgan fingerprint density at radius 3 is 2.38 bits per heavy atom. The van der Waals surface area contributed by atoms with Crippen LogP contribution < -0.4 is 16.4 Å². The lowest BCUT2D eigenvalue weighted by Gasteiger charge is -2.14. The lowest BCUT2D eigenvalue weighted by Crippen LogP contribution is -2.23. The number of anilines is 3. The van der Waals surface area contributed by atoms with E-state index in [9.17, 15) is 4.79 Å². The van der Waals surface area contributed by atoms with Gasteiger partial charge in [0.05, 0.1) is 11.3 Å². The van der Waals surface area contributed by atoms with Gasteiger partial charge in [-0.15, -0.1) is 0 Å². The minimum absolute atomic E-state index is 0.107. The van der Waals surface area contributed by atoms with Gasteiger partial charge in [-0.3, -0.25) is 4.79 Å². The SMILES string of the molecule is CCNC(=O)c1ccc(N)cc1Nc1cc(C)cc(C)c1. The largest absolute Gasteiger partial charge is 0.399 e. The Kier molecular flexibility index (Phi) is 4.48. The van der Waals surface area contributed by atoms with Crippen molar-refractivity contribution in [1.29, 1.82) is 0 Å². The fourth-order valence-electron chi connectivity index (χ4n) is 2.32. The molecule has 110 valence electrons. The second-order valence-electron chi connectivity index (χ2n) is 5.17. The number of hydrogen-bond acceptors (Lipinski definition) is 3. The van der Waals surface area contributed by atoms with E-state index < -0.39 is 0 Å². The molecular weight excluding hydrogens is 262 g/mol. The van der Waals surface area contributed by atoms with Crippen LogP contribution >= 0.6 is 0 Å². The standard InChI is InChI=1S/C17H21N3O/c1-4-19-17(21)15-6-5-13(18)10-16(15)20-14-8-11(2)7-12(3)9-14/h5-10,20H,4,18H2,1-3H3,(H,19,21). The van der Waals surface area contributed by atoms with Crippen LogP contribution in [0.1, 0.15) is 28.4 Å². The Hall–Kier alpha value is -2.49. The number of benzene rings is 2. The Morgan fingerprint density at radius 1 is 1.10 bits per heavy atom. The van der Waals surface area contributed by atoms with Gasteiger partial charge in [0.15, 0.2) is 0 Å². The molecule has 0 aromatic heterocycles. The Bertz CT molecular complexity index is 645. The highest BCUT2D eigenvalue weighted by atomic mass is 16.1. The molecule has 0 saturated heterocycles. The Balaban J connectivity index is 2.38. The number of hydrogen-bond donors (Lipinski definition) is 3. The number of rotatable bonds is 4. The zero-order valence-electron chi connectivity index (χ0n) is 12.7. The van der Waals surface area contributed by atoms with Crippen LogP contribution in [0.5, 0.6) is 0 Å². The minimum atomic E-state index is -0.107. The van der Waals surface area contributed by atoms with Crippen molar-refractivity contribution in [2.75, 3.05) is 17.6 Å². The number of amides is 1. The first-order valence-electron chi connectivity index (χ1n) is 7.02. The van der Waals surface area contributed by atoms with Gasteiger partial charge in [-0.1, -0.05) is 6.07 Å². The third-order valence-corrected chi connectivity index (χ3v) is 3.13. The Morgan fingerprint density at radius 2 is 1.76 bits per heavy atom. The number of nitrogens with two attached hydrogens (primary N) is 1. The van der Waals surface area contributed by atoms with E-state index in [-0.39, 0.29) is 5.91 Å². The van der Waals surface area contributed by atoms with E-state index in [2.05, 4.69) is 16.7 Å². The zero-order chi connectivity index (χ0) is 15.4. The van der Waals surface area contributed by atoms with Crippen molar-refractivity contribution in [3.8, 4) is 0 Å². The van der Waals surface area contributed by atoms with Crippen molar-refractivity contribution in [2.45, 2.75) is 20.8 Å². The van der Waals surface area contributed by atoms with Crippen LogP contribution in [0.4, 0.5) is 17.1 Å². The van der Waals surface area contributed by atoms with Gasteiger partial charge in [0.25, 0.3) is 5.91 Å². The van der Waals surface area contributed by atoms with Crippen molar-refractivity contribution in [2.24, 2.45) is 0 Å². The summed E-state index contributed by atoms with van der Waals surface area (Å²) in [7, 11) is 0. The van der Waals surface area contributed by atoms with E-state index in [0.717, 1.165) is 5.69 Å². The van der Waals surface area contributed by atoms with E-state index in [4.69, 9.17) is 5.73 Å². The number of carbonyl (C=O) groups is 1. The molecule has 0 saturated carbocycles. The molecule has 0 aliphatic rings. The highest BCUT2D eigenvalue weighted by Gasteiger charge is 2.11. The average molecular weight is 283 g/mol. The van der Waals surface area contributed by atoms with Gasteiger partial charge in [0, 0.05) is 17.9 Å². The molecule has 4 heteroatoms. The maximum Gasteiger partial charge on any atom is 0.253 e. The molecule has 0 fully saturated rings. The number of nitrogen functional groups attached to an aromatic ring is 1. The molecule has 0 heterocycles. The molecule has 0 atom stereocenters. The van der Waals surface area contributed by atoms with E-state index in [1.165, 1.54) is 11.1 Å². The van der Waals surface area contributed by atoms with Gasteiger partial charge < -0.3 is 16.4 Å². The van der Waals surface area contributed by atoms with Crippen molar-refractivity contribution in [1.82, 2.24) is 5.32 Å². The van der Waals surface area contributed by atoms with E-state index in [1.54, 1.807) is 18.2 Å². The summed E-state index contributed by atoms with van der Waals surface area (Å²) in [5.41, 5.74) is 11.0. The van der Waals surface area contributed by atoms with Crippen LogP contribution in [0.2, 0.25) is 0 Å². The fraction of sp³-hybridized carbons (Fsp3) is 0.235. The molecule has 0 spiro atoms. The molecule has 1 amide bonds. The molecule has 0 radical (unpaired) electrons. The molecule has 4 N–H and O–H groups in total. The molecule has 2 aromatic carbocycles. The second kappa shape index (κ2) is 6.31. The predicted octanol–water partition coefficient (Wildman–Crippen LogP) is 3.38. The average Bonchev–Trinajstić information content (AvgIpc) is 2.37. The quantitative estimate of drug-likeness (QED) is 0.754. The summed E-state index contributed by atoms with van der Waals surface area (Å²) in [6, 6.07) is 11.4. The van der Waals surface area contributed by atoms with Gasteiger partial charge in [-0.05, 0) is 62.2 Å². The molecule has 0 aliphatic heterocycles. The third kappa shape index (κ3) is 3.75. The van der Waals surface area contributed by atoms with Crippen molar-refractivity contribution >= 4 is 23.0 Å². The molecule has 2 aromatic rings. The van der Waals surface area contributed by atoms with E-state index in [0.29, 0.717) is 23.5 Å². The predicted molar refractivity (Wildman–Crippen MR) is 88.1 cm³/mol. The smallest absolute Gasteiger partial charge is 0.253 e.